The summed E-state index contributed by atoms with van der Waals surface area (Å²) < 4.78 is 0. The van der Waals surface area contributed by atoms with Crippen LogP contribution in [0.1, 0.15) is 32.8 Å². The van der Waals surface area contributed by atoms with Crippen LogP contribution in [0.3, 0.4) is 0 Å². The van der Waals surface area contributed by atoms with E-state index in [1.54, 1.807) is 0 Å². The summed E-state index contributed by atoms with van der Waals surface area (Å²) >= 11 is 0. The third-order valence-electron chi connectivity index (χ3n) is 2.68. The van der Waals surface area contributed by atoms with E-state index < -0.39 is 0 Å². The van der Waals surface area contributed by atoms with Crippen LogP contribution in [0.25, 0.3) is 0 Å². The van der Waals surface area contributed by atoms with Crippen molar-refractivity contribution in [3.63, 3.8) is 0 Å². The van der Waals surface area contributed by atoms with E-state index in [4.69, 9.17) is 5.73 Å². The van der Waals surface area contributed by atoms with Crippen molar-refractivity contribution < 1.29 is 4.79 Å². The Morgan fingerprint density at radius 3 is 2.65 bits per heavy atom. The largest absolute Gasteiger partial charge is 0.397 e. The number of rotatable bonds is 1. The number of nitrogens with one attached hydrogen (secondary N) is 2. The number of fused-ring (bicyclic) bond motifs is 1. The van der Waals surface area contributed by atoms with Crippen molar-refractivity contribution in [1.82, 2.24) is 0 Å². The van der Waals surface area contributed by atoms with Gasteiger partial charge >= 0.3 is 0 Å². The molecule has 1 aromatic carbocycles. The minimum absolute atomic E-state index is 0.0275. The Balaban J connectivity index is 2.34. The molecule has 0 radical (unpaired) electrons. The number of carbonyl (C=O) groups excluding carboxylic acids is 1. The molecule has 0 aromatic heterocycles. The van der Waals surface area contributed by atoms with Gasteiger partial charge < -0.3 is 16.4 Å². The van der Waals surface area contributed by atoms with E-state index in [9.17, 15) is 4.79 Å². The van der Waals surface area contributed by atoms with Crippen molar-refractivity contribution >= 4 is 23.0 Å². The smallest absolute Gasteiger partial charge is 0.224 e. The number of benzene rings is 1. The van der Waals surface area contributed by atoms with Crippen LogP contribution in [0.5, 0.6) is 0 Å². The molecule has 0 atom stereocenters. The highest BCUT2D eigenvalue weighted by molar-refractivity contribution is 5.95. The molecule has 0 saturated carbocycles. The first-order chi connectivity index (χ1) is 7.85. The maximum Gasteiger partial charge on any atom is 0.224 e. The number of anilines is 3. The lowest BCUT2D eigenvalue weighted by Crippen LogP contribution is -2.27. The zero-order valence-electron chi connectivity index (χ0n) is 10.6. The third-order valence-corrected chi connectivity index (χ3v) is 2.68. The van der Waals surface area contributed by atoms with Crippen LogP contribution in [0.15, 0.2) is 12.1 Å². The zero-order chi connectivity index (χ0) is 12.6. The summed E-state index contributed by atoms with van der Waals surface area (Å²) in [6.07, 6.45) is 1.33. The second-order valence-electron chi connectivity index (χ2n) is 5.52. The summed E-state index contributed by atoms with van der Waals surface area (Å²) in [5, 5.41) is 6.22. The van der Waals surface area contributed by atoms with Gasteiger partial charge in [-0.25, -0.2) is 0 Å². The standard InChI is InChI=1S/C13H19N3O/c1-13(2,3)16-11-6-8-4-5-12(17)15-10(8)7-9(11)14/h6-7,16H,4-5,14H2,1-3H3,(H,15,17). The van der Waals surface area contributed by atoms with Crippen molar-refractivity contribution in [3.05, 3.63) is 17.7 Å². The molecule has 1 aliphatic rings. The van der Waals surface area contributed by atoms with Crippen molar-refractivity contribution in [1.29, 1.82) is 0 Å². The minimum atomic E-state index is -0.0275. The molecular formula is C13H19N3O. The Hall–Kier alpha value is -1.71. The normalized spacial score (nSPS) is 15.1. The van der Waals surface area contributed by atoms with Gasteiger partial charge in [0.05, 0.1) is 11.4 Å². The van der Waals surface area contributed by atoms with Gasteiger partial charge in [0.1, 0.15) is 0 Å². The second kappa shape index (κ2) is 3.95. The Morgan fingerprint density at radius 1 is 1.29 bits per heavy atom. The van der Waals surface area contributed by atoms with E-state index in [-0.39, 0.29) is 11.4 Å². The molecule has 1 amide bonds. The number of carbonyl (C=O) groups is 1. The number of aryl methyl sites for hydroxylation is 1. The Morgan fingerprint density at radius 2 is 2.00 bits per heavy atom. The van der Waals surface area contributed by atoms with Gasteiger partial charge in [0.25, 0.3) is 0 Å². The molecule has 1 heterocycles. The van der Waals surface area contributed by atoms with Gasteiger partial charge in [-0.2, -0.15) is 0 Å². The summed E-state index contributed by atoms with van der Waals surface area (Å²) in [5.41, 5.74) is 9.55. The van der Waals surface area contributed by atoms with E-state index in [1.807, 2.05) is 12.1 Å². The van der Waals surface area contributed by atoms with Crippen molar-refractivity contribution in [3.8, 4) is 0 Å². The second-order valence-corrected chi connectivity index (χ2v) is 5.52. The molecule has 0 saturated heterocycles. The molecule has 0 spiro atoms. The van der Waals surface area contributed by atoms with Crippen LogP contribution in [0.2, 0.25) is 0 Å². The van der Waals surface area contributed by atoms with Crippen LogP contribution < -0.4 is 16.4 Å². The fourth-order valence-corrected chi connectivity index (χ4v) is 1.96. The molecule has 0 aliphatic carbocycles. The Bertz CT molecular complexity index is 460. The topological polar surface area (TPSA) is 67.2 Å². The van der Waals surface area contributed by atoms with Gasteiger partial charge in [0.15, 0.2) is 0 Å². The molecule has 0 fully saturated rings. The molecule has 1 aliphatic heterocycles. The molecule has 0 bridgehead atoms. The summed E-state index contributed by atoms with van der Waals surface area (Å²) in [4.78, 5) is 11.3. The van der Waals surface area contributed by atoms with E-state index in [1.165, 1.54) is 0 Å². The lowest BCUT2D eigenvalue weighted by atomic mass is 10.00. The molecule has 2 rings (SSSR count). The fraction of sp³-hybridized carbons (Fsp3) is 0.462. The fourth-order valence-electron chi connectivity index (χ4n) is 1.96. The number of hydrogen-bond acceptors (Lipinski definition) is 3. The maximum absolute atomic E-state index is 11.3. The third kappa shape index (κ3) is 2.70. The molecule has 17 heavy (non-hydrogen) atoms. The number of nitrogens with two attached hydrogens (primary N) is 1. The van der Waals surface area contributed by atoms with Gasteiger partial charge in [0, 0.05) is 17.6 Å². The zero-order valence-corrected chi connectivity index (χ0v) is 10.6. The van der Waals surface area contributed by atoms with Crippen molar-refractivity contribution in [2.75, 3.05) is 16.4 Å². The van der Waals surface area contributed by atoms with Gasteiger partial charge in [-0.05, 0) is 44.9 Å². The highest BCUT2D eigenvalue weighted by atomic mass is 16.1. The minimum Gasteiger partial charge on any atom is -0.397 e. The predicted molar refractivity (Wildman–Crippen MR) is 71.2 cm³/mol. The first-order valence-electron chi connectivity index (χ1n) is 5.85. The first-order valence-corrected chi connectivity index (χ1v) is 5.85. The van der Waals surface area contributed by atoms with Crippen LogP contribution in [0, 0.1) is 0 Å². The Kier molecular flexibility index (Phi) is 2.73. The molecular weight excluding hydrogens is 214 g/mol. The summed E-state index contributed by atoms with van der Waals surface area (Å²) in [6, 6.07) is 3.87. The van der Waals surface area contributed by atoms with Gasteiger partial charge in [-0.15, -0.1) is 0 Å². The lowest BCUT2D eigenvalue weighted by molar-refractivity contribution is -0.116. The molecule has 4 N–H and O–H groups in total. The van der Waals surface area contributed by atoms with Crippen molar-refractivity contribution in [2.24, 2.45) is 0 Å². The molecule has 92 valence electrons. The number of hydrogen-bond donors (Lipinski definition) is 3. The predicted octanol–water partition coefficient (Wildman–Crippen LogP) is 2.36. The SMILES string of the molecule is CC(C)(C)Nc1cc2c(cc1N)NC(=O)CC2. The van der Waals surface area contributed by atoms with Crippen LogP contribution >= 0.6 is 0 Å². The average molecular weight is 233 g/mol. The van der Waals surface area contributed by atoms with Crippen molar-refractivity contribution in [2.45, 2.75) is 39.2 Å². The van der Waals surface area contributed by atoms with Gasteiger partial charge in [-0.3, -0.25) is 4.79 Å². The monoisotopic (exact) mass is 233 g/mol. The lowest BCUT2D eigenvalue weighted by Gasteiger charge is -2.25. The Labute approximate surface area is 102 Å². The van der Waals surface area contributed by atoms with Gasteiger partial charge in [0.2, 0.25) is 5.91 Å². The maximum atomic E-state index is 11.3. The first kappa shape index (κ1) is 11.8. The summed E-state index contributed by atoms with van der Waals surface area (Å²) in [7, 11) is 0. The van der Waals surface area contributed by atoms with Crippen LogP contribution in [-0.4, -0.2) is 11.4 Å². The number of amides is 1. The van der Waals surface area contributed by atoms with E-state index in [0.29, 0.717) is 12.1 Å². The molecule has 0 unspecified atom stereocenters. The molecule has 4 heteroatoms. The van der Waals surface area contributed by atoms with E-state index in [0.717, 1.165) is 23.4 Å². The molecule has 4 nitrogen and oxygen atoms in total. The highest BCUT2D eigenvalue weighted by Gasteiger charge is 2.18. The summed E-state index contributed by atoms with van der Waals surface area (Å²) in [5.74, 6) is 0.0634. The molecule has 1 aromatic rings. The van der Waals surface area contributed by atoms with Crippen LogP contribution in [-0.2, 0) is 11.2 Å². The quantitative estimate of drug-likeness (QED) is 0.652. The van der Waals surface area contributed by atoms with E-state index >= 15 is 0 Å². The highest BCUT2D eigenvalue weighted by Crippen LogP contribution is 2.32. The number of nitrogen functional groups attached to an aromatic ring is 1. The van der Waals surface area contributed by atoms with Crippen LogP contribution in [0.4, 0.5) is 17.1 Å². The summed E-state index contributed by atoms with van der Waals surface area (Å²) in [6.45, 7) is 6.27. The van der Waals surface area contributed by atoms with E-state index in [2.05, 4.69) is 31.4 Å². The average Bonchev–Trinajstić information content (AvgIpc) is 2.17. The van der Waals surface area contributed by atoms with Gasteiger partial charge in [-0.1, -0.05) is 0 Å².